The minimum atomic E-state index is -2.46. The summed E-state index contributed by atoms with van der Waals surface area (Å²) in [6.07, 6.45) is 1.02. The molecule has 2 bridgehead atoms. The first-order chi connectivity index (χ1) is 7.98. The molecule has 7 rings (SSSR count). The van der Waals surface area contributed by atoms with Crippen LogP contribution in [0.5, 0.6) is 0 Å². The van der Waals surface area contributed by atoms with E-state index in [-0.39, 0.29) is 40.7 Å². The quantitative estimate of drug-likeness (QED) is 0.684. The molecule has 7 aliphatic carbocycles. The lowest BCUT2D eigenvalue weighted by Crippen LogP contribution is -2.88. The second kappa shape index (κ2) is 1.60. The molecule has 0 radical (unpaired) electrons. The second-order valence-corrected chi connectivity index (χ2v) is 7.22. The van der Waals surface area contributed by atoms with Crippen molar-refractivity contribution < 1.29 is 18.3 Å². The van der Waals surface area contributed by atoms with Gasteiger partial charge in [0.15, 0.2) is 0 Å². The van der Waals surface area contributed by atoms with Crippen molar-refractivity contribution in [1.29, 1.82) is 0 Å². The normalized spacial score (nSPS) is 75.6. The third kappa shape index (κ3) is 0.374. The van der Waals surface area contributed by atoms with Crippen LogP contribution in [0.25, 0.3) is 0 Å². The van der Waals surface area contributed by atoms with E-state index in [9.17, 15) is 13.6 Å². The molecule has 0 N–H and O–H groups in total. The summed E-state index contributed by atoms with van der Waals surface area (Å²) in [5.41, 5.74) is -0.0289. The number of hydrogen-bond donors (Lipinski definition) is 0. The van der Waals surface area contributed by atoms with Crippen molar-refractivity contribution in [3.8, 4) is 0 Å². The smallest absolute Gasteiger partial charge is 0.302 e. The maximum absolute atomic E-state index is 14.3. The number of esters is 1. The van der Waals surface area contributed by atoms with Crippen LogP contribution in [-0.2, 0) is 9.53 Å². The van der Waals surface area contributed by atoms with Crippen LogP contribution in [0.1, 0.15) is 13.3 Å². The summed E-state index contributed by atoms with van der Waals surface area (Å²) in [7, 11) is 0. The number of alkyl halides is 2. The lowest BCUT2D eigenvalue weighted by molar-refractivity contribution is -0.444. The summed E-state index contributed by atoms with van der Waals surface area (Å²) in [5.74, 6) is -2.43. The van der Waals surface area contributed by atoms with Gasteiger partial charge in [0.25, 0.3) is 5.92 Å². The second-order valence-electron chi connectivity index (χ2n) is 7.22. The van der Waals surface area contributed by atoms with E-state index in [1.54, 1.807) is 0 Å². The van der Waals surface area contributed by atoms with E-state index < -0.39 is 11.8 Å². The Labute approximate surface area is 96.7 Å². The van der Waals surface area contributed by atoms with Crippen molar-refractivity contribution in [3.63, 3.8) is 0 Å². The first-order valence-corrected chi connectivity index (χ1v) is 6.49. The Hall–Kier alpha value is -0.670. The van der Waals surface area contributed by atoms with E-state index in [1.807, 2.05) is 0 Å². The van der Waals surface area contributed by atoms with Gasteiger partial charge in [0.2, 0.25) is 0 Å². The topological polar surface area (TPSA) is 26.3 Å². The molecule has 0 unspecified atom stereocenters. The highest BCUT2D eigenvalue weighted by atomic mass is 19.3. The zero-order valence-corrected chi connectivity index (χ0v) is 9.37. The van der Waals surface area contributed by atoms with Crippen LogP contribution in [0.3, 0.4) is 0 Å². The summed E-state index contributed by atoms with van der Waals surface area (Å²) < 4.78 is 33.7. The van der Waals surface area contributed by atoms with Crippen LogP contribution in [0.4, 0.5) is 8.78 Å². The van der Waals surface area contributed by atoms with Gasteiger partial charge in [-0.1, -0.05) is 0 Å². The Morgan fingerprint density at radius 3 is 2.76 bits per heavy atom. The van der Waals surface area contributed by atoms with E-state index in [4.69, 9.17) is 4.74 Å². The zero-order chi connectivity index (χ0) is 11.6. The van der Waals surface area contributed by atoms with Crippen molar-refractivity contribution in [3.05, 3.63) is 0 Å². The highest BCUT2D eigenvalue weighted by molar-refractivity contribution is 5.68. The molecular formula is C13H12F2O2. The zero-order valence-electron chi connectivity index (χ0n) is 9.37. The van der Waals surface area contributed by atoms with Gasteiger partial charge >= 0.3 is 5.97 Å². The molecule has 0 saturated heterocycles. The molecule has 0 aromatic heterocycles. The van der Waals surface area contributed by atoms with Gasteiger partial charge in [-0.2, -0.15) is 0 Å². The third-order valence-electron chi connectivity index (χ3n) is 7.79. The van der Waals surface area contributed by atoms with Crippen molar-refractivity contribution in [2.24, 2.45) is 45.8 Å². The van der Waals surface area contributed by atoms with Gasteiger partial charge in [0, 0.05) is 24.2 Å². The standard InChI is InChI=1S/C13H12F2O2/c1-4(16)17-3-11-6-7-5-8(6)13(14,15)9(11)10(5)2-12(7,10)11/h5-9H,2-3H2,1H3/t5-,6-,7-,8+,9+,10-,11+,12-/m0/s1. The first-order valence-electron chi connectivity index (χ1n) is 6.49. The molecule has 7 saturated carbocycles. The van der Waals surface area contributed by atoms with Crippen LogP contribution < -0.4 is 0 Å². The van der Waals surface area contributed by atoms with Crippen LogP contribution in [-0.4, -0.2) is 18.5 Å². The molecule has 0 aromatic rings. The fraction of sp³-hybridized carbons (Fsp3) is 0.923. The first kappa shape index (κ1) is 8.44. The molecule has 17 heavy (non-hydrogen) atoms. The average molecular weight is 238 g/mol. The van der Waals surface area contributed by atoms with Gasteiger partial charge in [0.1, 0.15) is 0 Å². The van der Waals surface area contributed by atoms with Crippen molar-refractivity contribution in [1.82, 2.24) is 0 Å². The predicted molar refractivity (Wildman–Crippen MR) is 50.9 cm³/mol. The maximum atomic E-state index is 14.3. The van der Waals surface area contributed by atoms with Gasteiger partial charge < -0.3 is 4.74 Å². The number of halogens is 2. The Bertz CT molecular complexity index is 544. The average Bonchev–Trinajstić information content (AvgIpc) is 2.71. The summed E-state index contributed by atoms with van der Waals surface area (Å²) in [4.78, 5) is 11.0. The van der Waals surface area contributed by atoms with Crippen LogP contribution in [0, 0.1) is 45.8 Å². The lowest BCUT2D eigenvalue weighted by Gasteiger charge is -2.88. The Balaban J connectivity index is 1.50. The van der Waals surface area contributed by atoms with Crippen LogP contribution >= 0.6 is 0 Å². The Morgan fingerprint density at radius 2 is 2.06 bits per heavy atom. The van der Waals surface area contributed by atoms with E-state index >= 15 is 0 Å². The summed E-state index contributed by atoms with van der Waals surface area (Å²) in [6.45, 7) is 1.64. The molecule has 8 atom stereocenters. The molecule has 4 heteroatoms. The van der Waals surface area contributed by atoms with Crippen LogP contribution in [0.2, 0.25) is 0 Å². The SMILES string of the molecule is CC(=O)OC[C@]12[C@@H]3[C@H]4[C@@H]5[C@@H]3[C@]13C[C@@]53[C@H]2C4(F)F. The highest BCUT2D eigenvalue weighted by Gasteiger charge is 3.21. The van der Waals surface area contributed by atoms with Crippen molar-refractivity contribution in [2.45, 2.75) is 19.3 Å². The van der Waals surface area contributed by atoms with Gasteiger partial charge in [-0.05, 0) is 35.0 Å². The number of carbonyl (C=O) groups is 1. The molecular weight excluding hydrogens is 226 g/mol. The number of carbonyl (C=O) groups excluding carboxylic acids is 1. The molecule has 0 amide bonds. The highest BCUT2D eigenvalue weighted by Crippen LogP contribution is 3.20. The summed E-state index contributed by atoms with van der Waals surface area (Å²) in [6, 6.07) is 0. The molecule has 90 valence electrons. The monoisotopic (exact) mass is 238 g/mol. The van der Waals surface area contributed by atoms with E-state index in [1.165, 1.54) is 6.92 Å². The summed E-state index contributed by atoms with van der Waals surface area (Å²) >= 11 is 0. The largest absolute Gasteiger partial charge is 0.465 e. The Kier molecular flexibility index (Phi) is 0.795. The molecule has 0 aliphatic heterocycles. The van der Waals surface area contributed by atoms with Gasteiger partial charge in [-0.3, -0.25) is 4.79 Å². The maximum Gasteiger partial charge on any atom is 0.302 e. The predicted octanol–water partition coefficient (Wildman–Crippen LogP) is 1.70. The van der Waals surface area contributed by atoms with Gasteiger partial charge in [-0.15, -0.1) is 0 Å². The lowest BCUT2D eigenvalue weighted by atomic mass is 9.14. The molecule has 0 aromatic carbocycles. The number of ether oxygens (including phenoxy) is 1. The molecule has 2 spiro atoms. The molecule has 7 fully saturated rings. The minimum Gasteiger partial charge on any atom is -0.465 e. The van der Waals surface area contributed by atoms with Crippen molar-refractivity contribution >= 4 is 5.97 Å². The summed E-state index contributed by atoms with van der Waals surface area (Å²) in [5, 5.41) is 0. The molecule has 2 nitrogen and oxygen atoms in total. The fourth-order valence-corrected chi connectivity index (χ4v) is 8.19. The number of hydrogen-bond acceptors (Lipinski definition) is 2. The van der Waals surface area contributed by atoms with Gasteiger partial charge in [0.05, 0.1) is 6.61 Å². The molecule has 7 aliphatic rings. The van der Waals surface area contributed by atoms with Crippen molar-refractivity contribution in [2.75, 3.05) is 6.61 Å². The Morgan fingerprint density at radius 1 is 1.29 bits per heavy atom. The van der Waals surface area contributed by atoms with E-state index in [2.05, 4.69) is 0 Å². The third-order valence-corrected chi connectivity index (χ3v) is 7.79. The van der Waals surface area contributed by atoms with Gasteiger partial charge in [-0.25, -0.2) is 8.78 Å². The fourth-order valence-electron chi connectivity index (χ4n) is 8.19. The van der Waals surface area contributed by atoms with E-state index in [0.29, 0.717) is 11.8 Å². The van der Waals surface area contributed by atoms with E-state index in [0.717, 1.165) is 6.42 Å². The molecule has 0 heterocycles. The van der Waals surface area contributed by atoms with Crippen LogP contribution in [0.15, 0.2) is 0 Å². The minimum absolute atomic E-state index is 0.0285. The number of rotatable bonds is 2.